The van der Waals surface area contributed by atoms with Gasteiger partial charge in [0.1, 0.15) is 5.75 Å². The molecule has 7 heteroatoms. The summed E-state index contributed by atoms with van der Waals surface area (Å²) in [6.45, 7) is 8.70. The molecule has 0 saturated heterocycles. The Bertz CT molecular complexity index is 1570. The summed E-state index contributed by atoms with van der Waals surface area (Å²) in [6, 6.07) is 23.3. The van der Waals surface area contributed by atoms with E-state index in [-0.39, 0.29) is 18.3 Å². The van der Waals surface area contributed by atoms with E-state index in [2.05, 4.69) is 43.9 Å². The molecule has 270 valence electrons. The zero-order valence-electron chi connectivity index (χ0n) is 30.4. The van der Waals surface area contributed by atoms with E-state index in [4.69, 9.17) is 9.47 Å². The molecule has 3 aromatic rings. The van der Waals surface area contributed by atoms with Gasteiger partial charge in [-0.05, 0) is 118 Å². The number of ketones is 1. The van der Waals surface area contributed by atoms with E-state index in [0.717, 1.165) is 55.3 Å². The van der Waals surface area contributed by atoms with Gasteiger partial charge < -0.3 is 24.8 Å². The van der Waals surface area contributed by atoms with E-state index in [0.29, 0.717) is 55.8 Å². The number of methoxy groups -OCH3 is 1. The van der Waals surface area contributed by atoms with Crippen LogP contribution in [0.1, 0.15) is 104 Å². The third-order valence-electron chi connectivity index (χ3n) is 11.2. The third-order valence-corrected chi connectivity index (χ3v) is 11.2. The van der Waals surface area contributed by atoms with Crippen molar-refractivity contribution in [2.45, 2.75) is 102 Å². The van der Waals surface area contributed by atoms with E-state index >= 15 is 0 Å². The Morgan fingerprint density at radius 2 is 1.80 bits per heavy atom. The van der Waals surface area contributed by atoms with E-state index < -0.39 is 23.2 Å². The van der Waals surface area contributed by atoms with Gasteiger partial charge in [-0.25, -0.2) is 0 Å². The van der Waals surface area contributed by atoms with Gasteiger partial charge in [-0.15, -0.1) is 0 Å². The third kappa shape index (κ3) is 9.12. The molecule has 0 radical (unpaired) electrons. The fourth-order valence-electron chi connectivity index (χ4n) is 8.25. The van der Waals surface area contributed by atoms with Crippen LogP contribution in [-0.2, 0) is 17.8 Å². The summed E-state index contributed by atoms with van der Waals surface area (Å²) in [5, 5.41) is 34.8. The zero-order valence-corrected chi connectivity index (χ0v) is 30.4. The second-order valence-electron chi connectivity index (χ2n) is 14.9. The predicted octanol–water partition coefficient (Wildman–Crippen LogP) is 7.25. The highest BCUT2D eigenvalue weighted by Gasteiger charge is 2.57. The van der Waals surface area contributed by atoms with E-state index in [1.54, 1.807) is 19.2 Å². The first-order valence-electron chi connectivity index (χ1n) is 18.4. The first kappa shape index (κ1) is 37.9. The fraction of sp³-hybridized carbons (Fsp3) is 0.512. The number of allylic oxidation sites excluding steroid dienone is 2. The number of aliphatic hydroxyl groups excluding tert-OH is 2. The number of ether oxygens (including phenoxy) is 2. The average molecular weight is 684 g/mol. The highest BCUT2D eigenvalue weighted by molar-refractivity contribution is 6.10. The molecule has 5 atom stereocenters. The van der Waals surface area contributed by atoms with Gasteiger partial charge in [0, 0.05) is 29.6 Å². The maximum atomic E-state index is 14.3. The van der Waals surface area contributed by atoms with Gasteiger partial charge in [0.15, 0.2) is 5.78 Å². The number of hydrogen-bond acceptors (Lipinski definition) is 7. The molecule has 1 saturated carbocycles. The van der Waals surface area contributed by atoms with E-state index in [1.165, 1.54) is 5.57 Å². The number of aliphatic hydroxyl groups is 3. The summed E-state index contributed by atoms with van der Waals surface area (Å²) in [5.74, 6) is 0.558. The Labute approximate surface area is 298 Å². The molecular weight excluding hydrogens is 626 g/mol. The van der Waals surface area contributed by atoms with Crippen LogP contribution in [0.15, 0.2) is 84.4 Å². The lowest BCUT2D eigenvalue weighted by Gasteiger charge is -2.46. The number of fused-ring (bicyclic) bond motifs is 8. The minimum atomic E-state index is -1.05. The molecule has 0 spiro atoms. The van der Waals surface area contributed by atoms with Gasteiger partial charge >= 0.3 is 0 Å². The van der Waals surface area contributed by atoms with Crippen LogP contribution in [0.3, 0.4) is 0 Å². The molecule has 50 heavy (non-hydrogen) atoms. The number of rotatable bonds is 13. The van der Waals surface area contributed by atoms with Crippen molar-refractivity contribution in [1.29, 1.82) is 0 Å². The van der Waals surface area contributed by atoms with Gasteiger partial charge in [-0.1, -0.05) is 68.0 Å². The molecule has 3 aliphatic rings. The van der Waals surface area contributed by atoms with Crippen molar-refractivity contribution < 1.29 is 29.6 Å². The topological polar surface area (TPSA) is 99.5 Å². The van der Waals surface area contributed by atoms with Crippen molar-refractivity contribution in [3.63, 3.8) is 0 Å². The van der Waals surface area contributed by atoms with Crippen LogP contribution in [-0.4, -0.2) is 77.2 Å². The minimum absolute atomic E-state index is 0.0640. The summed E-state index contributed by atoms with van der Waals surface area (Å²) in [5.41, 5.74) is 3.82. The lowest BCUT2D eigenvalue weighted by molar-refractivity contribution is -0.0906. The molecule has 5 unspecified atom stereocenters. The molecule has 7 nitrogen and oxygen atoms in total. The smallest absolute Gasteiger partial charge is 0.193 e. The van der Waals surface area contributed by atoms with Crippen molar-refractivity contribution >= 4 is 5.78 Å². The lowest BCUT2D eigenvalue weighted by atomic mass is 9.64. The Morgan fingerprint density at radius 3 is 2.52 bits per heavy atom. The largest absolute Gasteiger partial charge is 0.497 e. The molecule has 0 aromatic heterocycles. The highest BCUT2D eigenvalue weighted by Crippen LogP contribution is 2.59. The van der Waals surface area contributed by atoms with Crippen molar-refractivity contribution in [1.82, 2.24) is 4.90 Å². The molecule has 0 aliphatic heterocycles. The molecule has 0 heterocycles. The van der Waals surface area contributed by atoms with Crippen LogP contribution in [0.2, 0.25) is 0 Å². The van der Waals surface area contributed by atoms with Gasteiger partial charge in [-0.3, -0.25) is 9.69 Å². The van der Waals surface area contributed by atoms with E-state index in [1.807, 2.05) is 48.5 Å². The quantitative estimate of drug-likeness (QED) is 0.129. The van der Waals surface area contributed by atoms with Crippen LogP contribution < -0.4 is 4.74 Å². The Hall–Kier alpha value is -3.33. The monoisotopic (exact) mass is 683 g/mol. The SMILES string of the molecule is CCCN(CC(O)COCc1ccccc1)CC1(O)CCC2c3ccc(cc3C(=O)c3ccc(OC)cc3)CC(O)CCC(C)=CCCC21C. The van der Waals surface area contributed by atoms with E-state index in [9.17, 15) is 20.1 Å². The number of carbonyl (C=O) groups excluding carboxylic acids is 1. The van der Waals surface area contributed by atoms with Crippen molar-refractivity contribution in [3.8, 4) is 5.75 Å². The maximum Gasteiger partial charge on any atom is 0.193 e. The van der Waals surface area contributed by atoms with Gasteiger partial charge in [0.2, 0.25) is 0 Å². The molecule has 0 amide bonds. The molecule has 1 fully saturated rings. The molecular formula is C43H57NO6. The zero-order chi connectivity index (χ0) is 35.7. The fourth-order valence-corrected chi connectivity index (χ4v) is 8.25. The molecule has 6 rings (SSSR count). The number of nitrogens with zero attached hydrogens (tertiary/aromatic N) is 1. The minimum Gasteiger partial charge on any atom is -0.497 e. The number of carbonyl (C=O) groups is 1. The maximum absolute atomic E-state index is 14.3. The Morgan fingerprint density at radius 1 is 1.04 bits per heavy atom. The average Bonchev–Trinajstić information content (AvgIpc) is 3.36. The summed E-state index contributed by atoms with van der Waals surface area (Å²) >= 11 is 0. The molecule has 3 aromatic carbocycles. The first-order chi connectivity index (χ1) is 24.0. The van der Waals surface area contributed by atoms with Crippen molar-refractivity contribution in [2.24, 2.45) is 5.41 Å². The first-order valence-corrected chi connectivity index (χ1v) is 18.4. The summed E-state index contributed by atoms with van der Waals surface area (Å²) in [6.07, 6.45) is 6.77. The highest BCUT2D eigenvalue weighted by atomic mass is 16.5. The summed E-state index contributed by atoms with van der Waals surface area (Å²) < 4.78 is 11.2. The van der Waals surface area contributed by atoms with Crippen LogP contribution in [0.4, 0.5) is 0 Å². The molecule has 2 bridgehead atoms. The van der Waals surface area contributed by atoms with Crippen LogP contribution in [0.25, 0.3) is 0 Å². The van der Waals surface area contributed by atoms with Crippen LogP contribution in [0.5, 0.6) is 5.75 Å². The van der Waals surface area contributed by atoms with Gasteiger partial charge in [0.05, 0.1) is 38.1 Å². The second-order valence-corrected chi connectivity index (χ2v) is 14.9. The van der Waals surface area contributed by atoms with Crippen LogP contribution in [0, 0.1) is 5.41 Å². The predicted molar refractivity (Wildman–Crippen MR) is 199 cm³/mol. The molecule has 3 N–H and O–H groups in total. The second kappa shape index (κ2) is 17.3. The number of benzene rings is 3. The standard InChI is InChI=1S/C43H57NO6/c1-5-24-44(27-36(46)29-50-28-32-11-7-6-8-12-32)30-43(48)23-21-40-38-20-14-33(25-35(45)17-13-31(2)10-9-22-42(40,43)3)26-39(38)41(47)34-15-18-37(49-4)19-16-34/h6-8,10-12,14-16,18-20,26,35-36,40,45-46,48H,5,9,13,17,21-25,27-30H2,1-4H3. The summed E-state index contributed by atoms with van der Waals surface area (Å²) in [7, 11) is 1.61. The van der Waals surface area contributed by atoms with Gasteiger partial charge in [-0.2, -0.15) is 0 Å². The Balaban J connectivity index is 1.45. The number of hydrogen-bond donors (Lipinski definition) is 3. The van der Waals surface area contributed by atoms with Crippen LogP contribution >= 0.6 is 0 Å². The van der Waals surface area contributed by atoms with Crippen molar-refractivity contribution in [2.75, 3.05) is 33.4 Å². The molecule has 3 aliphatic carbocycles. The lowest BCUT2D eigenvalue weighted by Crippen LogP contribution is -2.54. The van der Waals surface area contributed by atoms with Crippen molar-refractivity contribution in [3.05, 3.63) is 112 Å². The normalized spacial score (nSPS) is 24.8. The van der Waals surface area contributed by atoms with Gasteiger partial charge in [0.25, 0.3) is 0 Å². The summed E-state index contributed by atoms with van der Waals surface area (Å²) in [4.78, 5) is 16.5. The Kier molecular flexibility index (Phi) is 13.1.